The van der Waals surface area contributed by atoms with Gasteiger partial charge in [-0.1, -0.05) is 84.9 Å². The highest BCUT2D eigenvalue weighted by Crippen LogP contribution is 2.50. The first-order valence-electron chi connectivity index (χ1n) is 29.8. The lowest BCUT2D eigenvalue weighted by atomic mass is 9.80. The highest BCUT2D eigenvalue weighted by atomic mass is 19.4. The van der Waals surface area contributed by atoms with E-state index in [-0.39, 0.29) is 55.2 Å². The first kappa shape index (κ1) is 69.8. The number of ether oxygens (including phenoxy) is 4. The van der Waals surface area contributed by atoms with Crippen LogP contribution < -0.4 is 21.3 Å². The molecule has 10 rings (SSSR count). The first-order chi connectivity index (χ1) is 44.1. The molecule has 26 heteroatoms. The number of hydrogen-bond acceptors (Lipinski definition) is 8. The summed E-state index contributed by atoms with van der Waals surface area (Å²) in [7, 11) is 0. The van der Waals surface area contributed by atoms with Crippen LogP contribution in [0.4, 0.5) is 71.1 Å². The van der Waals surface area contributed by atoms with E-state index in [1.807, 2.05) is 12.1 Å². The Balaban J connectivity index is 0.000000221. The van der Waals surface area contributed by atoms with E-state index in [1.54, 1.807) is 67.6 Å². The van der Waals surface area contributed by atoms with Crippen LogP contribution in [0.3, 0.4) is 0 Å². The van der Waals surface area contributed by atoms with E-state index in [1.165, 1.54) is 57.2 Å². The molecule has 6 aromatic carbocycles. The highest BCUT2D eigenvalue weighted by Gasteiger charge is 2.53. The molecule has 0 radical (unpaired) electrons. The molecular formula is C68H64F14N4O8. The Kier molecular flexibility index (Phi) is 20.7. The van der Waals surface area contributed by atoms with Gasteiger partial charge in [0.25, 0.3) is 0 Å². The fourth-order valence-electron chi connectivity index (χ4n) is 12.6. The zero-order valence-electron chi connectivity index (χ0n) is 50.7. The van der Waals surface area contributed by atoms with Crippen molar-refractivity contribution in [3.8, 4) is 0 Å². The Bertz CT molecular complexity index is 3650. The van der Waals surface area contributed by atoms with E-state index in [4.69, 9.17) is 18.9 Å². The molecule has 2 heterocycles. The van der Waals surface area contributed by atoms with Crippen LogP contribution in [0.5, 0.6) is 0 Å². The normalized spacial score (nSPS) is 24.6. The van der Waals surface area contributed by atoms with Crippen LogP contribution in [-0.4, -0.2) is 53.3 Å². The summed E-state index contributed by atoms with van der Waals surface area (Å²) in [4.78, 5) is 51.6. The fourth-order valence-corrected chi connectivity index (χ4v) is 12.6. The molecule has 6 aromatic rings. The van der Waals surface area contributed by atoms with Crippen LogP contribution in [0, 0.1) is 17.6 Å². The zero-order valence-corrected chi connectivity index (χ0v) is 50.7. The van der Waals surface area contributed by atoms with Crippen molar-refractivity contribution >= 4 is 24.0 Å². The van der Waals surface area contributed by atoms with Gasteiger partial charge >= 0.3 is 36.9 Å². The molecule has 2 saturated heterocycles. The summed E-state index contributed by atoms with van der Waals surface area (Å²) < 4.78 is 213. The number of alkyl halides is 12. The standard InChI is InChI=1S/C34H33F7N2O4.C34H31F7N2O4/c2*1-19(22-14-23(33(36,37)38)16-24(15-22)34(39,40)41)47-28-13-12-26(29(28)21-8-10-25(35)11-9-21)27-17-32(2,30(44)42-27)43-31(45)46-18-20-6-4-3-5-7-20/h3-11,14-16,19,26-29H,12-13,17-18H2,1-2H3,(H,42,44)(H,43,45);3-11,14-16,19,28-29H,12-13,17-18H2,1-2H3,(H,42,44)(H,43,45)/t19-,26+,27?,28+,29+,32-;19-,28+,29+,32-/m11/s1. The van der Waals surface area contributed by atoms with Gasteiger partial charge in [-0.2, -0.15) is 52.7 Å². The van der Waals surface area contributed by atoms with E-state index in [9.17, 15) is 80.6 Å². The summed E-state index contributed by atoms with van der Waals surface area (Å²) in [5, 5.41) is 11.0. The third-order valence-corrected chi connectivity index (χ3v) is 17.3. The number of carbonyl (C=O) groups excluding carboxylic acids is 4. The van der Waals surface area contributed by atoms with Crippen molar-refractivity contribution in [1.29, 1.82) is 0 Å². The van der Waals surface area contributed by atoms with Crippen LogP contribution >= 0.6 is 0 Å². The molecule has 94 heavy (non-hydrogen) atoms. The molecule has 0 spiro atoms. The average Bonchev–Trinajstić information content (AvgIpc) is 1.59. The van der Waals surface area contributed by atoms with Gasteiger partial charge in [0.1, 0.15) is 35.9 Å². The Labute approximate surface area is 530 Å². The maximum absolute atomic E-state index is 13.9. The van der Waals surface area contributed by atoms with Crippen molar-refractivity contribution in [1.82, 2.24) is 21.3 Å². The third kappa shape index (κ3) is 16.9. The molecule has 0 bridgehead atoms. The molecule has 4 amide bonds. The van der Waals surface area contributed by atoms with Crippen molar-refractivity contribution in [2.75, 3.05) is 0 Å². The Morgan fingerprint density at radius 2 is 0.968 bits per heavy atom. The summed E-state index contributed by atoms with van der Waals surface area (Å²) >= 11 is 0. The quantitative estimate of drug-likeness (QED) is 0.0742. The van der Waals surface area contributed by atoms with E-state index in [0.717, 1.165) is 11.1 Å². The minimum Gasteiger partial charge on any atom is -0.445 e. The van der Waals surface area contributed by atoms with Crippen LogP contribution in [-0.2, 0) is 66.5 Å². The number of carbonyl (C=O) groups is 4. The zero-order chi connectivity index (χ0) is 68.3. The molecule has 4 N–H and O–H groups in total. The number of benzene rings is 6. The van der Waals surface area contributed by atoms with Crippen molar-refractivity contribution in [2.45, 2.75) is 158 Å². The highest BCUT2D eigenvalue weighted by molar-refractivity contribution is 5.94. The number of hydrogen-bond donors (Lipinski definition) is 4. The van der Waals surface area contributed by atoms with E-state index in [2.05, 4.69) is 21.3 Å². The van der Waals surface area contributed by atoms with E-state index >= 15 is 0 Å². The average molecular weight is 1330 g/mol. The van der Waals surface area contributed by atoms with Gasteiger partial charge in [-0.25, -0.2) is 18.4 Å². The maximum Gasteiger partial charge on any atom is 0.416 e. The molecule has 4 fully saturated rings. The topological polar surface area (TPSA) is 153 Å². The fraction of sp³-hybridized carbons (Fsp3) is 0.382. The summed E-state index contributed by atoms with van der Waals surface area (Å²) in [6.45, 7) is 5.82. The van der Waals surface area contributed by atoms with Gasteiger partial charge in [-0.3, -0.25) is 9.59 Å². The number of halogens is 14. The van der Waals surface area contributed by atoms with Crippen LogP contribution in [0.2, 0.25) is 0 Å². The van der Waals surface area contributed by atoms with Gasteiger partial charge in [-0.05, 0) is 165 Å². The largest absolute Gasteiger partial charge is 0.445 e. The minimum absolute atomic E-state index is 0.00336. The number of rotatable bonds is 15. The second-order valence-electron chi connectivity index (χ2n) is 24.2. The van der Waals surface area contributed by atoms with E-state index in [0.29, 0.717) is 72.3 Å². The van der Waals surface area contributed by atoms with Gasteiger partial charge in [0.15, 0.2) is 0 Å². The Morgan fingerprint density at radius 3 is 1.41 bits per heavy atom. The lowest BCUT2D eigenvalue weighted by molar-refractivity contribution is -0.145. The lowest BCUT2D eigenvalue weighted by Gasteiger charge is -2.31. The van der Waals surface area contributed by atoms with Gasteiger partial charge in [0, 0.05) is 30.0 Å². The van der Waals surface area contributed by atoms with Gasteiger partial charge < -0.3 is 40.2 Å². The summed E-state index contributed by atoms with van der Waals surface area (Å²) in [6, 6.07) is 31.1. The Hall–Kier alpha value is -8.52. The predicted molar refractivity (Wildman–Crippen MR) is 312 cm³/mol. The van der Waals surface area contributed by atoms with Gasteiger partial charge in [-0.15, -0.1) is 0 Å². The molecule has 12 nitrogen and oxygen atoms in total. The molecule has 10 atom stereocenters. The number of nitrogens with one attached hydrogen (secondary N) is 4. The summed E-state index contributed by atoms with van der Waals surface area (Å²) in [5.41, 5.74) is -5.25. The molecule has 1 unspecified atom stereocenters. The monoisotopic (exact) mass is 1330 g/mol. The smallest absolute Gasteiger partial charge is 0.416 e. The predicted octanol–water partition coefficient (Wildman–Crippen LogP) is 16.4. The molecule has 0 aromatic heterocycles. The lowest BCUT2D eigenvalue weighted by Crippen LogP contribution is -2.51. The molecule has 2 aliphatic carbocycles. The number of alkyl carbamates (subject to hydrolysis) is 2. The van der Waals surface area contributed by atoms with Crippen LogP contribution in [0.15, 0.2) is 157 Å². The summed E-state index contributed by atoms with van der Waals surface area (Å²) in [5.74, 6) is -3.43. The minimum atomic E-state index is -5.02. The molecule has 2 aliphatic heterocycles. The maximum atomic E-state index is 13.9. The molecule has 502 valence electrons. The second-order valence-corrected chi connectivity index (χ2v) is 24.2. The molecule has 2 saturated carbocycles. The summed E-state index contributed by atoms with van der Waals surface area (Å²) in [6.07, 6.45) is -23.8. The SMILES string of the molecule is C[C@@H](O[C@H]1CCC(=C2C[C@@](C)(NC(=O)OCc3ccccc3)C(=O)N2)[C@@H]1c1ccc(F)cc1)c1cc(C(F)(F)F)cc(C(F)(F)F)c1.C[C@@H](O[C@H]1CC[C@@H](C2C[C@@](C)(NC(=O)OCc3ccccc3)C(=O)N2)[C@@H]1c1ccc(F)cc1)c1cc(C(F)(F)F)cc(C(F)(F)F)c1. The number of amides is 4. The first-order valence-corrected chi connectivity index (χ1v) is 29.8. The molecular weight excluding hydrogens is 1270 g/mol. The van der Waals surface area contributed by atoms with Gasteiger partial charge in [0.2, 0.25) is 11.8 Å². The van der Waals surface area contributed by atoms with Gasteiger partial charge in [0.05, 0.1) is 46.7 Å². The van der Waals surface area contributed by atoms with Crippen LogP contribution in [0.25, 0.3) is 0 Å². The van der Waals surface area contributed by atoms with E-state index < -0.39 is 136 Å². The molecule has 4 aliphatic rings. The third-order valence-electron chi connectivity index (χ3n) is 17.3. The van der Waals surface area contributed by atoms with Crippen molar-refractivity contribution in [2.24, 2.45) is 5.92 Å². The van der Waals surface area contributed by atoms with Crippen molar-refractivity contribution in [3.63, 3.8) is 0 Å². The second kappa shape index (κ2) is 27.8. The van der Waals surface area contributed by atoms with Crippen molar-refractivity contribution < 1.29 is 99.6 Å². The Morgan fingerprint density at radius 1 is 0.543 bits per heavy atom. The van der Waals surface area contributed by atoms with Crippen LogP contribution in [0.1, 0.15) is 146 Å². The van der Waals surface area contributed by atoms with Crippen molar-refractivity contribution in [3.05, 3.63) is 224 Å².